The lowest BCUT2D eigenvalue weighted by atomic mass is 10.0. The second-order valence-electron chi connectivity index (χ2n) is 7.68. The maximum Gasteiger partial charge on any atom is 0.276 e. The summed E-state index contributed by atoms with van der Waals surface area (Å²) < 4.78 is 17.0. The number of carbonyl (C=O) groups is 2. The fraction of sp³-hybridized carbons (Fsp3) is 0.364. The maximum atomic E-state index is 12.0. The van der Waals surface area contributed by atoms with E-state index in [2.05, 4.69) is 10.9 Å². The van der Waals surface area contributed by atoms with E-state index in [4.69, 9.17) is 14.2 Å². The van der Waals surface area contributed by atoms with E-state index >= 15 is 0 Å². The van der Waals surface area contributed by atoms with E-state index in [0.717, 1.165) is 23.1 Å². The summed E-state index contributed by atoms with van der Waals surface area (Å²) in [7, 11) is 0. The van der Waals surface area contributed by atoms with Gasteiger partial charge in [0.1, 0.15) is 11.4 Å². The third kappa shape index (κ3) is 5.19. The van der Waals surface area contributed by atoms with Crippen molar-refractivity contribution in [3.8, 4) is 17.2 Å². The number of carbonyl (C=O) groups excluding carboxylic acids is 2. The summed E-state index contributed by atoms with van der Waals surface area (Å²) in [5.74, 6) is 0.884. The normalized spacial score (nSPS) is 13.8. The van der Waals surface area contributed by atoms with Crippen molar-refractivity contribution in [2.24, 2.45) is 0 Å². The lowest BCUT2D eigenvalue weighted by Crippen LogP contribution is -2.45. The quantitative estimate of drug-likeness (QED) is 0.731. The zero-order chi connectivity index (χ0) is 21.0. The number of para-hydroxylation sites is 2. The van der Waals surface area contributed by atoms with Crippen molar-refractivity contribution in [3.05, 3.63) is 53.1 Å². The zero-order valence-corrected chi connectivity index (χ0v) is 17.1. The van der Waals surface area contributed by atoms with E-state index in [0.29, 0.717) is 17.2 Å². The molecule has 154 valence electrons. The highest BCUT2D eigenvalue weighted by Crippen LogP contribution is 2.41. The molecular formula is C22H26N2O5. The van der Waals surface area contributed by atoms with Gasteiger partial charge in [0, 0.05) is 12.0 Å². The number of hydrogen-bond donors (Lipinski definition) is 2. The molecule has 0 atom stereocenters. The molecule has 29 heavy (non-hydrogen) atoms. The number of hydrazine groups is 1. The summed E-state index contributed by atoms with van der Waals surface area (Å²) in [6.07, 6.45) is 0.780. The Hall–Kier alpha value is -3.22. The van der Waals surface area contributed by atoms with Gasteiger partial charge in [-0.2, -0.15) is 0 Å². The second kappa shape index (κ2) is 8.43. The van der Waals surface area contributed by atoms with Crippen LogP contribution in [0, 0.1) is 13.8 Å². The summed E-state index contributed by atoms with van der Waals surface area (Å²) in [6, 6.07) is 11.3. The first-order valence-corrected chi connectivity index (χ1v) is 9.45. The molecule has 7 nitrogen and oxygen atoms in total. The third-order valence-electron chi connectivity index (χ3n) is 4.51. The Labute approximate surface area is 170 Å². The first-order valence-electron chi connectivity index (χ1n) is 9.45. The molecule has 0 saturated heterocycles. The molecule has 2 aromatic carbocycles. The fourth-order valence-electron chi connectivity index (χ4n) is 3.22. The fourth-order valence-corrected chi connectivity index (χ4v) is 3.22. The largest absolute Gasteiger partial charge is 0.483 e. The predicted molar refractivity (Wildman–Crippen MR) is 108 cm³/mol. The maximum absolute atomic E-state index is 12.0. The van der Waals surface area contributed by atoms with Crippen LogP contribution in [0.1, 0.15) is 30.5 Å². The molecule has 3 rings (SSSR count). The van der Waals surface area contributed by atoms with Gasteiger partial charge in [-0.25, -0.2) is 0 Å². The van der Waals surface area contributed by atoms with Gasteiger partial charge in [-0.05, 0) is 44.9 Å². The summed E-state index contributed by atoms with van der Waals surface area (Å²) in [5, 5.41) is 0. The van der Waals surface area contributed by atoms with E-state index in [9.17, 15) is 9.59 Å². The first kappa shape index (κ1) is 20.5. The third-order valence-corrected chi connectivity index (χ3v) is 4.51. The molecule has 0 radical (unpaired) electrons. The molecule has 1 heterocycles. The molecule has 1 aliphatic heterocycles. The summed E-state index contributed by atoms with van der Waals surface area (Å²) >= 11 is 0. The first-order chi connectivity index (χ1) is 13.7. The van der Waals surface area contributed by atoms with Gasteiger partial charge in [0.05, 0.1) is 0 Å². The van der Waals surface area contributed by atoms with Gasteiger partial charge in [-0.3, -0.25) is 20.4 Å². The highest BCUT2D eigenvalue weighted by atomic mass is 16.5. The molecule has 0 fully saturated rings. The Kier molecular flexibility index (Phi) is 5.96. The molecule has 7 heteroatoms. The van der Waals surface area contributed by atoms with Crippen molar-refractivity contribution in [3.63, 3.8) is 0 Å². The standard InChI is InChI=1S/C22H26N2O5/c1-14-7-5-8-15(2)20(14)28-13-19(26)24-23-18(25)12-27-17-10-6-9-16-11-22(3,4)29-21(16)17/h5-10H,11-13H2,1-4H3,(H,23,25)(H,24,26). The summed E-state index contributed by atoms with van der Waals surface area (Å²) in [5.41, 5.74) is 7.27. The Bertz CT molecular complexity index is 903. The van der Waals surface area contributed by atoms with Crippen molar-refractivity contribution in [1.82, 2.24) is 10.9 Å². The van der Waals surface area contributed by atoms with E-state index < -0.39 is 11.8 Å². The van der Waals surface area contributed by atoms with Crippen LogP contribution in [0.15, 0.2) is 36.4 Å². The Morgan fingerprint density at radius 3 is 2.21 bits per heavy atom. The minimum atomic E-state index is -0.486. The number of fused-ring (bicyclic) bond motifs is 1. The van der Waals surface area contributed by atoms with E-state index in [1.54, 1.807) is 6.07 Å². The minimum Gasteiger partial charge on any atom is -0.483 e. The van der Waals surface area contributed by atoms with Crippen molar-refractivity contribution in [2.75, 3.05) is 13.2 Å². The van der Waals surface area contributed by atoms with Crippen LogP contribution < -0.4 is 25.1 Å². The Balaban J connectivity index is 1.44. The van der Waals surface area contributed by atoms with Crippen LogP contribution >= 0.6 is 0 Å². The number of amides is 2. The molecular weight excluding hydrogens is 372 g/mol. The van der Waals surface area contributed by atoms with Gasteiger partial charge in [0.25, 0.3) is 11.8 Å². The number of ether oxygens (including phenoxy) is 3. The van der Waals surface area contributed by atoms with Gasteiger partial charge in [-0.15, -0.1) is 0 Å². The lowest BCUT2D eigenvalue weighted by Gasteiger charge is -2.18. The predicted octanol–water partition coefficient (Wildman–Crippen LogP) is 2.62. The SMILES string of the molecule is Cc1cccc(C)c1OCC(=O)NNC(=O)COc1cccc2c1OC(C)(C)C2. The number of nitrogens with one attached hydrogen (secondary N) is 2. The summed E-state index contributed by atoms with van der Waals surface area (Å²) in [4.78, 5) is 23.9. The van der Waals surface area contributed by atoms with Gasteiger partial charge in [-0.1, -0.05) is 30.3 Å². The van der Waals surface area contributed by atoms with Crippen LogP contribution in [0.5, 0.6) is 17.2 Å². The average Bonchev–Trinajstić information content (AvgIpc) is 2.98. The molecule has 0 bridgehead atoms. The smallest absolute Gasteiger partial charge is 0.276 e. The molecule has 2 amide bonds. The van der Waals surface area contributed by atoms with Crippen molar-refractivity contribution in [1.29, 1.82) is 0 Å². The monoisotopic (exact) mass is 398 g/mol. The lowest BCUT2D eigenvalue weighted by molar-refractivity contribution is -0.131. The molecule has 2 N–H and O–H groups in total. The second-order valence-corrected chi connectivity index (χ2v) is 7.68. The zero-order valence-electron chi connectivity index (χ0n) is 17.1. The van der Waals surface area contributed by atoms with E-state index in [-0.39, 0.29) is 18.8 Å². The molecule has 1 aliphatic rings. The van der Waals surface area contributed by atoms with Crippen LogP contribution in [0.25, 0.3) is 0 Å². The van der Waals surface area contributed by atoms with Gasteiger partial charge < -0.3 is 14.2 Å². The molecule has 0 saturated carbocycles. The van der Waals surface area contributed by atoms with Crippen LogP contribution in [-0.4, -0.2) is 30.6 Å². The van der Waals surface area contributed by atoms with Crippen LogP contribution in [0.4, 0.5) is 0 Å². The highest BCUT2D eigenvalue weighted by Gasteiger charge is 2.32. The number of rotatable bonds is 6. The van der Waals surface area contributed by atoms with Crippen molar-refractivity contribution in [2.45, 2.75) is 39.7 Å². The van der Waals surface area contributed by atoms with Crippen LogP contribution in [0.3, 0.4) is 0 Å². The van der Waals surface area contributed by atoms with Crippen LogP contribution in [-0.2, 0) is 16.0 Å². The molecule has 0 unspecified atom stereocenters. The average molecular weight is 398 g/mol. The molecule has 0 spiro atoms. The number of hydrogen-bond acceptors (Lipinski definition) is 5. The van der Waals surface area contributed by atoms with Crippen molar-refractivity contribution >= 4 is 11.8 Å². The molecule has 2 aromatic rings. The summed E-state index contributed by atoms with van der Waals surface area (Å²) in [6.45, 7) is 7.36. The van der Waals surface area contributed by atoms with Gasteiger partial charge >= 0.3 is 0 Å². The molecule has 0 aromatic heterocycles. The topological polar surface area (TPSA) is 85.9 Å². The Morgan fingerprint density at radius 1 is 0.966 bits per heavy atom. The van der Waals surface area contributed by atoms with Crippen LogP contribution in [0.2, 0.25) is 0 Å². The molecule has 0 aliphatic carbocycles. The minimum absolute atomic E-state index is 0.206. The number of benzene rings is 2. The van der Waals surface area contributed by atoms with Gasteiger partial charge in [0.15, 0.2) is 24.7 Å². The van der Waals surface area contributed by atoms with Gasteiger partial charge in [0.2, 0.25) is 0 Å². The Morgan fingerprint density at radius 2 is 1.55 bits per heavy atom. The van der Waals surface area contributed by atoms with E-state index in [1.165, 1.54) is 0 Å². The van der Waals surface area contributed by atoms with E-state index in [1.807, 2.05) is 58.0 Å². The van der Waals surface area contributed by atoms with Crippen molar-refractivity contribution < 1.29 is 23.8 Å². The number of aryl methyl sites for hydroxylation is 2. The highest BCUT2D eigenvalue weighted by molar-refractivity contribution is 5.83.